The zero-order valence-corrected chi connectivity index (χ0v) is 11.5. The molecular formula is C15H23NO3. The van der Waals surface area contributed by atoms with Crippen LogP contribution in [-0.4, -0.2) is 44.6 Å². The molecule has 0 saturated carbocycles. The van der Waals surface area contributed by atoms with E-state index in [1.54, 1.807) is 7.11 Å². The second-order valence-corrected chi connectivity index (χ2v) is 4.94. The van der Waals surface area contributed by atoms with E-state index in [4.69, 9.17) is 14.6 Å². The van der Waals surface area contributed by atoms with E-state index in [1.165, 1.54) is 5.56 Å². The van der Waals surface area contributed by atoms with Crippen LogP contribution in [0.1, 0.15) is 24.3 Å². The number of rotatable bonds is 7. The summed E-state index contributed by atoms with van der Waals surface area (Å²) in [4.78, 5) is 0. The average Bonchev–Trinajstić information content (AvgIpc) is 2.45. The maximum absolute atomic E-state index is 9.04. The molecule has 1 aliphatic rings. The van der Waals surface area contributed by atoms with Crippen LogP contribution in [0.5, 0.6) is 5.75 Å². The van der Waals surface area contributed by atoms with Gasteiger partial charge in [-0.05, 0) is 24.5 Å². The van der Waals surface area contributed by atoms with E-state index < -0.39 is 0 Å². The molecule has 1 aliphatic heterocycles. The average molecular weight is 265 g/mol. The van der Waals surface area contributed by atoms with Crippen LogP contribution in [0.15, 0.2) is 24.3 Å². The maximum Gasteiger partial charge on any atom is 0.122 e. The minimum atomic E-state index is 0.186. The Kier molecular flexibility index (Phi) is 5.63. The molecule has 4 heteroatoms. The first-order valence-electron chi connectivity index (χ1n) is 6.90. The highest BCUT2D eigenvalue weighted by Crippen LogP contribution is 2.32. The van der Waals surface area contributed by atoms with Gasteiger partial charge in [-0.15, -0.1) is 0 Å². The summed E-state index contributed by atoms with van der Waals surface area (Å²) in [7, 11) is 1.69. The minimum Gasteiger partial charge on any atom is -0.493 e. The fraction of sp³-hybridized carbons (Fsp3) is 0.600. The molecule has 2 unspecified atom stereocenters. The third kappa shape index (κ3) is 3.93. The predicted molar refractivity (Wildman–Crippen MR) is 74.7 cm³/mol. The number of aliphatic hydroxyl groups excluding tert-OH is 1. The summed E-state index contributed by atoms with van der Waals surface area (Å²) < 4.78 is 10.8. The first kappa shape index (κ1) is 14.3. The normalized spacial score (nSPS) is 19.6. The van der Waals surface area contributed by atoms with Gasteiger partial charge in [0, 0.05) is 32.2 Å². The van der Waals surface area contributed by atoms with E-state index >= 15 is 0 Å². The van der Waals surface area contributed by atoms with Crippen LogP contribution in [-0.2, 0) is 4.74 Å². The molecule has 1 aromatic rings. The standard InChI is InChI=1S/C15H23NO3/c1-18-11-13(6-8-17)16-10-12-7-9-19-15-5-3-2-4-14(12)15/h2-5,12-13,16-17H,6-11H2,1H3. The Hall–Kier alpha value is -1.10. The van der Waals surface area contributed by atoms with Crippen molar-refractivity contribution < 1.29 is 14.6 Å². The van der Waals surface area contributed by atoms with Crippen molar-refractivity contribution in [3.05, 3.63) is 29.8 Å². The molecule has 0 radical (unpaired) electrons. The lowest BCUT2D eigenvalue weighted by Gasteiger charge is -2.28. The van der Waals surface area contributed by atoms with E-state index in [0.717, 1.165) is 31.7 Å². The molecule has 0 bridgehead atoms. The molecule has 1 heterocycles. The maximum atomic E-state index is 9.04. The van der Waals surface area contributed by atoms with Gasteiger partial charge in [-0.25, -0.2) is 0 Å². The largest absolute Gasteiger partial charge is 0.493 e. The molecule has 0 saturated heterocycles. The topological polar surface area (TPSA) is 50.7 Å². The van der Waals surface area contributed by atoms with Gasteiger partial charge in [0.15, 0.2) is 0 Å². The zero-order chi connectivity index (χ0) is 13.5. The van der Waals surface area contributed by atoms with Crippen molar-refractivity contribution in [1.82, 2.24) is 5.32 Å². The molecular weight excluding hydrogens is 242 g/mol. The van der Waals surface area contributed by atoms with Crippen LogP contribution in [0, 0.1) is 0 Å². The van der Waals surface area contributed by atoms with Crippen molar-refractivity contribution in [2.24, 2.45) is 0 Å². The Morgan fingerprint density at radius 3 is 3.11 bits per heavy atom. The molecule has 2 atom stereocenters. The number of benzene rings is 1. The summed E-state index contributed by atoms with van der Waals surface area (Å²) in [5.74, 6) is 1.48. The summed E-state index contributed by atoms with van der Waals surface area (Å²) in [6.07, 6.45) is 1.75. The van der Waals surface area contributed by atoms with E-state index in [2.05, 4.69) is 17.4 Å². The number of aliphatic hydroxyl groups is 1. The zero-order valence-electron chi connectivity index (χ0n) is 11.5. The molecule has 0 spiro atoms. The summed E-state index contributed by atoms with van der Waals surface area (Å²) in [6.45, 7) is 2.49. The van der Waals surface area contributed by atoms with Gasteiger partial charge >= 0.3 is 0 Å². The second-order valence-electron chi connectivity index (χ2n) is 4.94. The quantitative estimate of drug-likeness (QED) is 0.785. The number of hydrogen-bond donors (Lipinski definition) is 2. The van der Waals surface area contributed by atoms with E-state index in [1.807, 2.05) is 12.1 Å². The first-order chi connectivity index (χ1) is 9.35. The van der Waals surface area contributed by atoms with Gasteiger partial charge in [0.2, 0.25) is 0 Å². The van der Waals surface area contributed by atoms with Crippen LogP contribution >= 0.6 is 0 Å². The fourth-order valence-corrected chi connectivity index (χ4v) is 2.54. The number of fused-ring (bicyclic) bond motifs is 1. The lowest BCUT2D eigenvalue weighted by molar-refractivity contribution is 0.146. The first-order valence-corrected chi connectivity index (χ1v) is 6.90. The summed E-state index contributed by atoms with van der Waals surface area (Å²) >= 11 is 0. The smallest absolute Gasteiger partial charge is 0.122 e. The number of nitrogens with one attached hydrogen (secondary N) is 1. The van der Waals surface area contributed by atoms with E-state index in [-0.39, 0.29) is 12.6 Å². The fourth-order valence-electron chi connectivity index (χ4n) is 2.54. The summed E-state index contributed by atoms with van der Waals surface area (Å²) in [6, 6.07) is 8.44. The molecule has 1 aromatic carbocycles. The number of ether oxygens (including phenoxy) is 2. The Labute approximate surface area is 114 Å². The molecule has 2 rings (SSSR count). The van der Waals surface area contributed by atoms with Gasteiger partial charge in [0.25, 0.3) is 0 Å². The Balaban J connectivity index is 1.92. The number of methoxy groups -OCH3 is 1. The summed E-state index contributed by atoms with van der Waals surface area (Å²) in [5, 5.41) is 12.5. The van der Waals surface area contributed by atoms with Crippen molar-refractivity contribution in [3.63, 3.8) is 0 Å². The van der Waals surface area contributed by atoms with Crippen molar-refractivity contribution >= 4 is 0 Å². The lowest BCUT2D eigenvalue weighted by atomic mass is 9.93. The van der Waals surface area contributed by atoms with Crippen molar-refractivity contribution in [3.8, 4) is 5.75 Å². The van der Waals surface area contributed by atoms with E-state index in [9.17, 15) is 0 Å². The van der Waals surface area contributed by atoms with Crippen LogP contribution in [0.3, 0.4) is 0 Å². The van der Waals surface area contributed by atoms with Gasteiger partial charge in [0.1, 0.15) is 5.75 Å². The Morgan fingerprint density at radius 1 is 1.47 bits per heavy atom. The molecule has 2 N–H and O–H groups in total. The van der Waals surface area contributed by atoms with Crippen LogP contribution in [0.2, 0.25) is 0 Å². The van der Waals surface area contributed by atoms with Crippen LogP contribution in [0.25, 0.3) is 0 Å². The van der Waals surface area contributed by atoms with Crippen LogP contribution < -0.4 is 10.1 Å². The van der Waals surface area contributed by atoms with Gasteiger partial charge < -0.3 is 19.9 Å². The van der Waals surface area contributed by atoms with E-state index in [0.29, 0.717) is 12.5 Å². The lowest BCUT2D eigenvalue weighted by Crippen LogP contribution is -2.37. The second kappa shape index (κ2) is 7.48. The molecule has 0 amide bonds. The molecule has 106 valence electrons. The highest BCUT2D eigenvalue weighted by Gasteiger charge is 2.21. The molecule has 0 aromatic heterocycles. The third-order valence-corrected chi connectivity index (χ3v) is 3.58. The Morgan fingerprint density at radius 2 is 2.32 bits per heavy atom. The van der Waals surface area contributed by atoms with Gasteiger partial charge in [0.05, 0.1) is 13.2 Å². The number of hydrogen-bond acceptors (Lipinski definition) is 4. The minimum absolute atomic E-state index is 0.186. The van der Waals surface area contributed by atoms with Crippen molar-refractivity contribution in [1.29, 1.82) is 0 Å². The molecule has 4 nitrogen and oxygen atoms in total. The molecule has 0 aliphatic carbocycles. The Bertz CT molecular complexity index is 377. The van der Waals surface area contributed by atoms with Gasteiger partial charge in [-0.3, -0.25) is 0 Å². The summed E-state index contributed by atoms with van der Waals surface area (Å²) in [5.41, 5.74) is 1.28. The van der Waals surface area contributed by atoms with Crippen molar-refractivity contribution in [2.75, 3.05) is 33.5 Å². The highest BCUT2D eigenvalue weighted by molar-refractivity contribution is 5.37. The number of para-hydroxylation sites is 1. The van der Waals surface area contributed by atoms with Gasteiger partial charge in [-0.2, -0.15) is 0 Å². The van der Waals surface area contributed by atoms with Gasteiger partial charge in [-0.1, -0.05) is 18.2 Å². The predicted octanol–water partition coefficient (Wildman–Crippen LogP) is 1.54. The SMILES string of the molecule is COCC(CCO)NCC1CCOc2ccccc21. The molecule has 19 heavy (non-hydrogen) atoms. The third-order valence-electron chi connectivity index (χ3n) is 3.58. The molecule has 0 fully saturated rings. The van der Waals surface area contributed by atoms with Crippen molar-refractivity contribution in [2.45, 2.75) is 24.8 Å². The van der Waals surface area contributed by atoms with Crippen LogP contribution in [0.4, 0.5) is 0 Å². The highest BCUT2D eigenvalue weighted by atomic mass is 16.5. The monoisotopic (exact) mass is 265 g/mol.